The Kier molecular flexibility index (Phi) is 3.10. The predicted molar refractivity (Wildman–Crippen MR) is 61.1 cm³/mol. The lowest BCUT2D eigenvalue weighted by Gasteiger charge is -2.07. The first-order valence-corrected chi connectivity index (χ1v) is 5.13. The number of aromatic amines is 1. The Morgan fingerprint density at radius 2 is 2.24 bits per heavy atom. The zero-order chi connectivity index (χ0) is 12.4. The van der Waals surface area contributed by atoms with Crippen LogP contribution in [0.3, 0.4) is 0 Å². The summed E-state index contributed by atoms with van der Waals surface area (Å²) in [7, 11) is 0. The minimum absolute atomic E-state index is 0.00914. The molecule has 1 aromatic carbocycles. The van der Waals surface area contributed by atoms with Gasteiger partial charge in [-0.1, -0.05) is 11.6 Å². The summed E-state index contributed by atoms with van der Waals surface area (Å²) in [5.74, 6) is 0.0244. The molecule has 0 atom stereocenters. The highest BCUT2D eigenvalue weighted by Gasteiger charge is 2.10. The third kappa shape index (κ3) is 2.45. The molecule has 0 aliphatic rings. The second-order valence-electron chi connectivity index (χ2n) is 3.36. The molecular formula is C11H8ClFN2O2. The minimum Gasteiger partial charge on any atom is -0.437 e. The highest BCUT2D eigenvalue weighted by molar-refractivity contribution is 6.31. The average Bonchev–Trinajstić information content (AvgIpc) is 2.28. The van der Waals surface area contributed by atoms with E-state index in [4.69, 9.17) is 16.3 Å². The van der Waals surface area contributed by atoms with Crippen molar-refractivity contribution in [2.24, 2.45) is 0 Å². The van der Waals surface area contributed by atoms with Crippen molar-refractivity contribution in [3.8, 4) is 11.6 Å². The first-order valence-electron chi connectivity index (χ1n) is 4.75. The summed E-state index contributed by atoms with van der Waals surface area (Å²) < 4.78 is 18.2. The Bertz CT molecular complexity index is 613. The van der Waals surface area contributed by atoms with Crippen LogP contribution in [-0.4, -0.2) is 9.97 Å². The van der Waals surface area contributed by atoms with Crippen LogP contribution in [0.15, 0.2) is 29.3 Å². The summed E-state index contributed by atoms with van der Waals surface area (Å²) in [4.78, 5) is 17.3. The molecule has 0 aliphatic heterocycles. The van der Waals surface area contributed by atoms with Crippen molar-refractivity contribution < 1.29 is 9.13 Å². The van der Waals surface area contributed by atoms with Gasteiger partial charge in [0.05, 0.1) is 6.33 Å². The molecule has 17 heavy (non-hydrogen) atoms. The minimum atomic E-state index is -0.489. The normalized spacial score (nSPS) is 10.3. The van der Waals surface area contributed by atoms with Gasteiger partial charge in [0.1, 0.15) is 11.6 Å². The summed E-state index contributed by atoms with van der Waals surface area (Å²) in [5.41, 5.74) is 0.0968. The smallest absolute Gasteiger partial charge is 0.273 e. The van der Waals surface area contributed by atoms with E-state index < -0.39 is 5.56 Å². The van der Waals surface area contributed by atoms with Gasteiger partial charge < -0.3 is 9.72 Å². The van der Waals surface area contributed by atoms with Gasteiger partial charge in [-0.05, 0) is 30.7 Å². The van der Waals surface area contributed by atoms with E-state index in [0.29, 0.717) is 11.3 Å². The average molecular weight is 255 g/mol. The number of aryl methyl sites for hydroxylation is 1. The fourth-order valence-corrected chi connectivity index (χ4v) is 1.41. The lowest BCUT2D eigenvalue weighted by atomic mass is 10.2. The number of benzene rings is 1. The molecule has 0 saturated carbocycles. The maximum Gasteiger partial charge on any atom is 0.273 e. The van der Waals surface area contributed by atoms with E-state index in [1.54, 1.807) is 6.92 Å². The maximum atomic E-state index is 12.9. The first-order chi connectivity index (χ1) is 8.08. The number of halogens is 2. The fourth-order valence-electron chi connectivity index (χ4n) is 1.27. The predicted octanol–water partition coefficient (Wildman–Crippen LogP) is 2.66. The molecule has 0 fully saturated rings. The summed E-state index contributed by atoms with van der Waals surface area (Å²) in [6, 6.07) is 4.02. The number of H-pyrrole nitrogens is 1. The van der Waals surface area contributed by atoms with E-state index >= 15 is 0 Å². The molecule has 0 aliphatic carbocycles. The summed E-state index contributed by atoms with van der Waals surface area (Å²) >= 11 is 5.72. The number of aromatic nitrogens is 2. The van der Waals surface area contributed by atoms with E-state index in [1.807, 2.05) is 0 Å². The van der Waals surface area contributed by atoms with E-state index in [2.05, 4.69) is 9.97 Å². The van der Waals surface area contributed by atoms with Crippen LogP contribution in [-0.2, 0) is 0 Å². The van der Waals surface area contributed by atoms with E-state index in [-0.39, 0.29) is 16.7 Å². The number of ether oxygens (including phenoxy) is 1. The Hall–Kier alpha value is -1.88. The van der Waals surface area contributed by atoms with Gasteiger partial charge >= 0.3 is 0 Å². The van der Waals surface area contributed by atoms with Crippen molar-refractivity contribution in [2.45, 2.75) is 6.92 Å². The lowest BCUT2D eigenvalue weighted by Crippen LogP contribution is -2.08. The molecule has 2 aromatic rings. The Morgan fingerprint density at radius 1 is 1.47 bits per heavy atom. The second kappa shape index (κ2) is 4.55. The molecule has 2 rings (SSSR count). The van der Waals surface area contributed by atoms with Gasteiger partial charge in [-0.2, -0.15) is 0 Å². The van der Waals surface area contributed by atoms with Crippen LogP contribution >= 0.6 is 11.6 Å². The molecule has 0 saturated heterocycles. The molecule has 4 nitrogen and oxygen atoms in total. The standard InChI is InChI=1S/C11H8ClFN2O2/c1-6-4-7(13)2-3-8(6)17-11-9(12)10(16)14-5-15-11/h2-5H,1H3,(H,14,15,16). The van der Waals surface area contributed by atoms with Crippen molar-refractivity contribution in [1.29, 1.82) is 0 Å². The van der Waals surface area contributed by atoms with Gasteiger partial charge in [0.25, 0.3) is 5.56 Å². The van der Waals surface area contributed by atoms with Gasteiger partial charge in [-0.3, -0.25) is 4.79 Å². The number of rotatable bonds is 2. The van der Waals surface area contributed by atoms with E-state index in [0.717, 1.165) is 0 Å². The van der Waals surface area contributed by atoms with Crippen molar-refractivity contribution in [3.63, 3.8) is 0 Å². The van der Waals surface area contributed by atoms with Crippen LogP contribution < -0.4 is 10.3 Å². The van der Waals surface area contributed by atoms with Gasteiger partial charge in [0.2, 0.25) is 5.88 Å². The molecule has 0 amide bonds. The monoisotopic (exact) mass is 254 g/mol. The van der Waals surface area contributed by atoms with Gasteiger partial charge in [0.15, 0.2) is 5.02 Å². The zero-order valence-electron chi connectivity index (χ0n) is 8.83. The molecule has 88 valence electrons. The molecule has 0 radical (unpaired) electrons. The third-order valence-electron chi connectivity index (χ3n) is 2.11. The number of hydrogen-bond donors (Lipinski definition) is 1. The van der Waals surface area contributed by atoms with Gasteiger partial charge in [-0.25, -0.2) is 9.37 Å². The lowest BCUT2D eigenvalue weighted by molar-refractivity contribution is 0.455. The van der Waals surface area contributed by atoms with E-state index in [9.17, 15) is 9.18 Å². The van der Waals surface area contributed by atoms with Crippen LogP contribution in [0.2, 0.25) is 5.02 Å². The number of nitrogens with zero attached hydrogens (tertiary/aromatic N) is 1. The Balaban J connectivity index is 2.38. The van der Waals surface area contributed by atoms with Crippen LogP contribution in [0.5, 0.6) is 11.6 Å². The fraction of sp³-hybridized carbons (Fsp3) is 0.0909. The van der Waals surface area contributed by atoms with Crippen molar-refractivity contribution in [2.75, 3.05) is 0 Å². The van der Waals surface area contributed by atoms with Gasteiger partial charge in [0, 0.05) is 0 Å². The Labute approximate surface area is 101 Å². The quantitative estimate of drug-likeness (QED) is 0.896. The molecule has 0 spiro atoms. The molecule has 1 N–H and O–H groups in total. The number of hydrogen-bond acceptors (Lipinski definition) is 3. The van der Waals surface area contributed by atoms with Crippen molar-refractivity contribution >= 4 is 11.6 Å². The summed E-state index contributed by atoms with van der Waals surface area (Å²) in [6.45, 7) is 1.68. The van der Waals surface area contributed by atoms with Crippen LogP contribution in [0.25, 0.3) is 0 Å². The van der Waals surface area contributed by atoms with Crippen molar-refractivity contribution in [3.05, 3.63) is 51.3 Å². The second-order valence-corrected chi connectivity index (χ2v) is 3.74. The van der Waals surface area contributed by atoms with Crippen molar-refractivity contribution in [1.82, 2.24) is 9.97 Å². The van der Waals surface area contributed by atoms with Crippen LogP contribution in [0.1, 0.15) is 5.56 Å². The third-order valence-corrected chi connectivity index (χ3v) is 2.44. The largest absolute Gasteiger partial charge is 0.437 e. The van der Waals surface area contributed by atoms with Crippen LogP contribution in [0.4, 0.5) is 4.39 Å². The molecule has 0 unspecified atom stereocenters. The molecule has 0 bridgehead atoms. The van der Waals surface area contributed by atoms with Gasteiger partial charge in [-0.15, -0.1) is 0 Å². The molecule has 1 aromatic heterocycles. The molecular weight excluding hydrogens is 247 g/mol. The SMILES string of the molecule is Cc1cc(F)ccc1Oc1nc[nH]c(=O)c1Cl. The van der Waals surface area contributed by atoms with Crippen LogP contribution in [0, 0.1) is 12.7 Å². The summed E-state index contributed by atoms with van der Waals surface area (Å²) in [6.07, 6.45) is 1.18. The topological polar surface area (TPSA) is 55.0 Å². The number of nitrogens with one attached hydrogen (secondary N) is 1. The molecule has 6 heteroatoms. The van der Waals surface area contributed by atoms with E-state index in [1.165, 1.54) is 24.5 Å². The highest BCUT2D eigenvalue weighted by atomic mass is 35.5. The first kappa shape index (κ1) is 11.6. The Morgan fingerprint density at radius 3 is 2.94 bits per heavy atom. The highest BCUT2D eigenvalue weighted by Crippen LogP contribution is 2.26. The zero-order valence-corrected chi connectivity index (χ0v) is 9.58. The maximum absolute atomic E-state index is 12.9. The molecule has 1 heterocycles. The summed E-state index contributed by atoms with van der Waals surface area (Å²) in [5, 5.41) is -0.142.